The minimum atomic E-state index is -0.545. The second kappa shape index (κ2) is 5.66. The summed E-state index contributed by atoms with van der Waals surface area (Å²) in [5, 5.41) is 13.6. The van der Waals surface area contributed by atoms with Crippen LogP contribution in [-0.4, -0.2) is 4.92 Å². The van der Waals surface area contributed by atoms with Crippen LogP contribution in [0.15, 0.2) is 34.1 Å². The molecule has 7 heteroatoms. The van der Waals surface area contributed by atoms with E-state index in [1.54, 1.807) is 0 Å². The van der Waals surface area contributed by atoms with Gasteiger partial charge in [-0.3, -0.25) is 10.1 Å². The lowest BCUT2D eigenvalue weighted by atomic mass is 10.2. The Labute approximate surface area is 121 Å². The van der Waals surface area contributed by atoms with Gasteiger partial charge in [0.1, 0.15) is 5.82 Å². The van der Waals surface area contributed by atoms with Gasteiger partial charge in [-0.2, -0.15) is 0 Å². The second-order valence-corrected chi connectivity index (χ2v) is 6.42. The fourth-order valence-corrected chi connectivity index (χ4v) is 3.03. The van der Waals surface area contributed by atoms with E-state index >= 15 is 0 Å². The monoisotopic (exact) mass is 344 g/mol. The molecule has 1 heterocycles. The molecule has 0 saturated carbocycles. The normalized spacial score (nSPS) is 12.2. The number of anilines is 1. The molecule has 0 spiro atoms. The Morgan fingerprint density at radius 2 is 2.16 bits per heavy atom. The van der Waals surface area contributed by atoms with E-state index in [2.05, 4.69) is 21.2 Å². The summed E-state index contributed by atoms with van der Waals surface area (Å²) in [6, 6.07) is 7.13. The molecule has 1 aromatic heterocycles. The first-order valence-corrected chi connectivity index (χ1v) is 7.04. The summed E-state index contributed by atoms with van der Waals surface area (Å²) in [5.74, 6) is -0.506. The van der Waals surface area contributed by atoms with E-state index in [0.717, 1.165) is 20.8 Å². The van der Waals surface area contributed by atoms with Crippen molar-refractivity contribution < 1.29 is 9.31 Å². The first-order chi connectivity index (χ1) is 8.97. The predicted octanol–water partition coefficient (Wildman–Crippen LogP) is 4.73. The van der Waals surface area contributed by atoms with Gasteiger partial charge >= 0.3 is 0 Å². The van der Waals surface area contributed by atoms with Crippen LogP contribution >= 0.6 is 27.3 Å². The molecule has 100 valence electrons. The largest absolute Gasteiger partial charge is 0.375 e. The molecule has 4 nitrogen and oxygen atoms in total. The summed E-state index contributed by atoms with van der Waals surface area (Å²) in [4.78, 5) is 11.1. The minimum Gasteiger partial charge on any atom is -0.375 e. The van der Waals surface area contributed by atoms with Gasteiger partial charge in [0.15, 0.2) is 0 Å². The lowest BCUT2D eigenvalue weighted by Gasteiger charge is -2.14. The number of halogens is 2. The molecule has 1 aromatic carbocycles. The van der Waals surface area contributed by atoms with Crippen molar-refractivity contribution in [1.82, 2.24) is 0 Å². The highest BCUT2D eigenvalue weighted by atomic mass is 79.9. The molecule has 0 aliphatic rings. The quantitative estimate of drug-likeness (QED) is 0.644. The number of non-ortho nitro benzene ring substituents is 1. The average Bonchev–Trinajstić information content (AvgIpc) is 2.78. The smallest absolute Gasteiger partial charge is 0.271 e. The van der Waals surface area contributed by atoms with Crippen molar-refractivity contribution in [1.29, 1.82) is 0 Å². The van der Waals surface area contributed by atoms with Gasteiger partial charge in [-0.25, -0.2) is 4.39 Å². The van der Waals surface area contributed by atoms with Crippen molar-refractivity contribution in [2.24, 2.45) is 0 Å². The molecule has 1 N–H and O–H groups in total. The van der Waals surface area contributed by atoms with Crippen molar-refractivity contribution in [2.45, 2.75) is 13.0 Å². The molecule has 1 atom stereocenters. The van der Waals surface area contributed by atoms with Gasteiger partial charge in [0.05, 0.1) is 20.4 Å². The fraction of sp³-hybridized carbons (Fsp3) is 0.167. The Morgan fingerprint density at radius 3 is 2.74 bits per heavy atom. The van der Waals surface area contributed by atoms with E-state index in [-0.39, 0.29) is 17.4 Å². The van der Waals surface area contributed by atoms with Crippen LogP contribution in [0.3, 0.4) is 0 Å². The minimum absolute atomic E-state index is 0.131. The van der Waals surface area contributed by atoms with Crippen molar-refractivity contribution >= 4 is 38.6 Å². The third-order valence-corrected chi connectivity index (χ3v) is 4.36. The van der Waals surface area contributed by atoms with Crippen LogP contribution < -0.4 is 5.32 Å². The van der Waals surface area contributed by atoms with E-state index in [1.807, 2.05) is 19.1 Å². The van der Waals surface area contributed by atoms with Gasteiger partial charge in [-0.1, -0.05) is 0 Å². The number of nitro benzene ring substituents is 1. The number of thiophene rings is 1. The molecule has 0 amide bonds. The molecule has 2 aromatic rings. The standard InChI is InChI=1S/C12H10BrFN2O2S/c1-7(11-4-5-12(13)19-11)15-10-6-8(16(17)18)2-3-9(10)14/h2-7,15H,1H3. The number of hydrogen-bond donors (Lipinski definition) is 1. The molecule has 0 saturated heterocycles. The lowest BCUT2D eigenvalue weighted by molar-refractivity contribution is -0.384. The number of rotatable bonds is 4. The Bertz CT molecular complexity index is 618. The molecule has 2 rings (SSSR count). The molecule has 0 aliphatic carbocycles. The van der Waals surface area contributed by atoms with Crippen molar-refractivity contribution in [3.63, 3.8) is 0 Å². The zero-order chi connectivity index (χ0) is 14.0. The molecular weight excluding hydrogens is 335 g/mol. The van der Waals surface area contributed by atoms with Gasteiger partial charge in [-0.05, 0) is 41.1 Å². The summed E-state index contributed by atoms with van der Waals surface area (Å²) in [7, 11) is 0. The topological polar surface area (TPSA) is 55.2 Å². The van der Waals surface area contributed by atoms with Crippen molar-refractivity contribution in [2.75, 3.05) is 5.32 Å². The van der Waals surface area contributed by atoms with Gasteiger partial charge in [0.2, 0.25) is 0 Å². The molecule has 0 radical (unpaired) electrons. The van der Waals surface area contributed by atoms with Crippen LogP contribution in [-0.2, 0) is 0 Å². The van der Waals surface area contributed by atoms with Crippen LogP contribution in [0.2, 0.25) is 0 Å². The predicted molar refractivity (Wildman–Crippen MR) is 77.1 cm³/mol. The molecule has 0 fully saturated rings. The van der Waals surface area contributed by atoms with E-state index in [1.165, 1.54) is 17.4 Å². The lowest BCUT2D eigenvalue weighted by Crippen LogP contribution is -2.06. The van der Waals surface area contributed by atoms with Gasteiger partial charge in [0, 0.05) is 17.0 Å². The van der Waals surface area contributed by atoms with E-state index in [0.29, 0.717) is 0 Å². The highest BCUT2D eigenvalue weighted by Crippen LogP contribution is 2.31. The van der Waals surface area contributed by atoms with E-state index < -0.39 is 10.7 Å². The SMILES string of the molecule is CC(Nc1cc([N+](=O)[O-])ccc1F)c1ccc(Br)s1. The summed E-state index contributed by atoms with van der Waals surface area (Å²) in [5.41, 5.74) is -0.00492. The zero-order valence-corrected chi connectivity index (χ0v) is 12.3. The summed E-state index contributed by atoms with van der Waals surface area (Å²) < 4.78 is 14.6. The highest BCUT2D eigenvalue weighted by molar-refractivity contribution is 9.11. The number of hydrogen-bond acceptors (Lipinski definition) is 4. The Balaban J connectivity index is 2.22. The Kier molecular flexibility index (Phi) is 4.16. The highest BCUT2D eigenvalue weighted by Gasteiger charge is 2.14. The number of benzene rings is 1. The molecule has 19 heavy (non-hydrogen) atoms. The zero-order valence-electron chi connectivity index (χ0n) is 9.89. The summed E-state index contributed by atoms with van der Waals surface area (Å²) in [6.07, 6.45) is 0. The first kappa shape index (κ1) is 14.0. The number of nitro groups is 1. The van der Waals surface area contributed by atoms with Crippen molar-refractivity contribution in [3.8, 4) is 0 Å². The molecule has 0 bridgehead atoms. The molecule has 0 aliphatic heterocycles. The van der Waals surface area contributed by atoms with Crippen LogP contribution in [0.25, 0.3) is 0 Å². The maximum Gasteiger partial charge on any atom is 0.271 e. The van der Waals surface area contributed by atoms with E-state index in [4.69, 9.17) is 0 Å². The summed E-state index contributed by atoms with van der Waals surface area (Å²) >= 11 is 4.89. The second-order valence-electron chi connectivity index (χ2n) is 3.93. The average molecular weight is 345 g/mol. The Morgan fingerprint density at radius 1 is 1.42 bits per heavy atom. The van der Waals surface area contributed by atoms with Crippen LogP contribution in [0.4, 0.5) is 15.8 Å². The van der Waals surface area contributed by atoms with Crippen LogP contribution in [0.1, 0.15) is 17.8 Å². The van der Waals surface area contributed by atoms with Crippen molar-refractivity contribution in [3.05, 3.63) is 54.9 Å². The van der Waals surface area contributed by atoms with Gasteiger partial charge < -0.3 is 5.32 Å². The number of nitrogens with zero attached hydrogens (tertiary/aromatic N) is 1. The summed E-state index contributed by atoms with van der Waals surface area (Å²) in [6.45, 7) is 1.87. The van der Waals surface area contributed by atoms with Crippen LogP contribution in [0, 0.1) is 15.9 Å². The molecular formula is C12H10BrFN2O2S. The molecule has 1 unspecified atom stereocenters. The van der Waals surface area contributed by atoms with Gasteiger partial charge in [-0.15, -0.1) is 11.3 Å². The fourth-order valence-electron chi connectivity index (χ4n) is 1.60. The maximum atomic E-state index is 13.6. The third-order valence-electron chi connectivity index (χ3n) is 2.55. The first-order valence-electron chi connectivity index (χ1n) is 5.43. The Hall–Kier alpha value is -1.47. The van der Waals surface area contributed by atoms with Gasteiger partial charge in [0.25, 0.3) is 5.69 Å². The van der Waals surface area contributed by atoms with E-state index in [9.17, 15) is 14.5 Å². The number of nitrogens with one attached hydrogen (secondary N) is 1. The third kappa shape index (κ3) is 3.30. The maximum absolute atomic E-state index is 13.6. The van der Waals surface area contributed by atoms with Crippen LogP contribution in [0.5, 0.6) is 0 Å².